The predicted molar refractivity (Wildman–Crippen MR) is 85.8 cm³/mol. The van der Waals surface area contributed by atoms with E-state index in [0.717, 1.165) is 38.9 Å². The Kier molecular flexibility index (Phi) is 8.92. The predicted octanol–water partition coefficient (Wildman–Crippen LogP) is 3.58. The van der Waals surface area contributed by atoms with Gasteiger partial charge in [0, 0.05) is 25.6 Å². The number of hydrogen-bond donors (Lipinski definition) is 1. The van der Waals surface area contributed by atoms with E-state index in [2.05, 4.69) is 31.0 Å². The number of carbonyl (C=O) groups is 1. The van der Waals surface area contributed by atoms with E-state index in [1.807, 2.05) is 0 Å². The molecule has 1 fully saturated rings. The van der Waals surface area contributed by atoms with Gasteiger partial charge in [0.1, 0.15) is 0 Å². The van der Waals surface area contributed by atoms with E-state index in [-0.39, 0.29) is 0 Å². The highest BCUT2D eigenvalue weighted by Gasteiger charge is 2.27. The summed E-state index contributed by atoms with van der Waals surface area (Å²) in [5, 5.41) is 3.61. The molecule has 3 heteroatoms. The van der Waals surface area contributed by atoms with Gasteiger partial charge in [0.15, 0.2) is 0 Å². The third-order valence-corrected chi connectivity index (χ3v) is 4.41. The van der Waals surface area contributed by atoms with Crippen LogP contribution in [0.2, 0.25) is 0 Å². The van der Waals surface area contributed by atoms with Crippen molar-refractivity contribution in [1.82, 2.24) is 10.2 Å². The highest BCUT2D eigenvalue weighted by atomic mass is 16.2. The lowest BCUT2D eigenvalue weighted by Crippen LogP contribution is -2.50. The molecule has 0 aliphatic carbocycles. The maximum Gasteiger partial charge on any atom is 0.222 e. The van der Waals surface area contributed by atoms with Gasteiger partial charge in [-0.1, -0.05) is 46.5 Å². The molecular weight excluding hydrogens is 248 g/mol. The maximum atomic E-state index is 12.2. The minimum atomic E-state index is 0.377. The van der Waals surface area contributed by atoms with E-state index >= 15 is 0 Å². The van der Waals surface area contributed by atoms with Gasteiger partial charge in [-0.15, -0.1) is 0 Å². The molecule has 0 bridgehead atoms. The van der Waals surface area contributed by atoms with Crippen molar-refractivity contribution in [2.45, 2.75) is 78.2 Å². The Morgan fingerprint density at radius 2 is 1.90 bits per heavy atom. The van der Waals surface area contributed by atoms with Gasteiger partial charge in [-0.05, 0) is 31.7 Å². The third-order valence-electron chi connectivity index (χ3n) is 4.41. The summed E-state index contributed by atoms with van der Waals surface area (Å²) in [6.45, 7) is 9.68. The van der Waals surface area contributed by atoms with Gasteiger partial charge in [-0.3, -0.25) is 4.79 Å². The van der Waals surface area contributed by atoms with E-state index in [1.165, 1.54) is 32.1 Å². The Morgan fingerprint density at radius 3 is 2.55 bits per heavy atom. The molecule has 0 aromatic rings. The fourth-order valence-corrected chi connectivity index (χ4v) is 3.04. The molecule has 2 unspecified atom stereocenters. The first-order valence-electron chi connectivity index (χ1n) is 8.70. The quantitative estimate of drug-likeness (QED) is 0.656. The van der Waals surface area contributed by atoms with Crippen LogP contribution in [-0.4, -0.2) is 36.5 Å². The number of piperidine rings is 1. The fourth-order valence-electron chi connectivity index (χ4n) is 3.04. The molecule has 0 radical (unpaired) electrons. The number of nitrogens with one attached hydrogen (secondary N) is 1. The Balaban J connectivity index is 2.19. The van der Waals surface area contributed by atoms with Gasteiger partial charge in [-0.25, -0.2) is 0 Å². The van der Waals surface area contributed by atoms with Gasteiger partial charge in [0.05, 0.1) is 0 Å². The molecule has 1 aliphatic heterocycles. The van der Waals surface area contributed by atoms with Crippen molar-refractivity contribution >= 4 is 5.91 Å². The van der Waals surface area contributed by atoms with Gasteiger partial charge in [0.25, 0.3) is 0 Å². The summed E-state index contributed by atoms with van der Waals surface area (Å²) < 4.78 is 0. The van der Waals surface area contributed by atoms with Crippen LogP contribution in [0.1, 0.15) is 72.1 Å². The zero-order chi connectivity index (χ0) is 14.8. The summed E-state index contributed by atoms with van der Waals surface area (Å²) in [5.41, 5.74) is 0. The molecule has 3 nitrogen and oxygen atoms in total. The summed E-state index contributed by atoms with van der Waals surface area (Å²) in [6.07, 6.45) is 9.19. The number of amides is 1. The molecule has 20 heavy (non-hydrogen) atoms. The Morgan fingerprint density at radius 1 is 1.15 bits per heavy atom. The van der Waals surface area contributed by atoms with Crippen LogP contribution in [-0.2, 0) is 4.79 Å². The second-order valence-electron chi connectivity index (χ2n) is 6.33. The van der Waals surface area contributed by atoms with Crippen LogP contribution in [0.5, 0.6) is 0 Å². The zero-order valence-electron chi connectivity index (χ0n) is 13.8. The summed E-state index contributed by atoms with van der Waals surface area (Å²) in [7, 11) is 0. The SMILES string of the molecule is CCCCCCCC(=O)N1CCC(NCCC)C(C)C1. The van der Waals surface area contributed by atoms with Crippen LogP contribution in [0.3, 0.4) is 0 Å². The van der Waals surface area contributed by atoms with E-state index in [1.54, 1.807) is 0 Å². The van der Waals surface area contributed by atoms with Crippen LogP contribution < -0.4 is 5.32 Å². The molecule has 0 spiro atoms. The second kappa shape index (κ2) is 10.2. The van der Waals surface area contributed by atoms with E-state index in [0.29, 0.717) is 17.9 Å². The number of nitrogens with zero attached hydrogens (tertiary/aromatic N) is 1. The summed E-state index contributed by atoms with van der Waals surface area (Å²) in [6, 6.07) is 0.601. The molecule has 1 amide bonds. The normalized spacial score (nSPS) is 23.1. The van der Waals surface area contributed by atoms with E-state index in [9.17, 15) is 4.79 Å². The number of rotatable bonds is 9. The monoisotopic (exact) mass is 282 g/mol. The molecule has 0 aromatic heterocycles. The highest BCUT2D eigenvalue weighted by Crippen LogP contribution is 2.18. The van der Waals surface area contributed by atoms with Crippen LogP contribution in [0.25, 0.3) is 0 Å². The minimum Gasteiger partial charge on any atom is -0.342 e. The van der Waals surface area contributed by atoms with Gasteiger partial charge in [-0.2, -0.15) is 0 Å². The van der Waals surface area contributed by atoms with Gasteiger partial charge < -0.3 is 10.2 Å². The lowest BCUT2D eigenvalue weighted by molar-refractivity contribution is -0.133. The Labute approximate surface area is 125 Å². The molecule has 0 aromatic carbocycles. The number of unbranched alkanes of at least 4 members (excludes halogenated alkanes) is 4. The first-order chi connectivity index (χ1) is 9.69. The van der Waals surface area contributed by atoms with Crippen LogP contribution >= 0.6 is 0 Å². The van der Waals surface area contributed by atoms with E-state index < -0.39 is 0 Å². The molecule has 1 N–H and O–H groups in total. The Bertz CT molecular complexity index is 268. The average molecular weight is 282 g/mol. The van der Waals surface area contributed by atoms with Gasteiger partial charge in [0.2, 0.25) is 5.91 Å². The average Bonchev–Trinajstić information content (AvgIpc) is 2.45. The second-order valence-corrected chi connectivity index (χ2v) is 6.33. The van der Waals surface area contributed by atoms with Crippen molar-refractivity contribution in [3.05, 3.63) is 0 Å². The van der Waals surface area contributed by atoms with Gasteiger partial charge >= 0.3 is 0 Å². The zero-order valence-corrected chi connectivity index (χ0v) is 13.8. The van der Waals surface area contributed by atoms with Crippen molar-refractivity contribution in [2.24, 2.45) is 5.92 Å². The van der Waals surface area contributed by atoms with Crippen LogP contribution in [0.4, 0.5) is 0 Å². The minimum absolute atomic E-state index is 0.377. The topological polar surface area (TPSA) is 32.3 Å². The standard InChI is InChI=1S/C17H34N2O/c1-4-6-7-8-9-10-17(20)19-13-11-16(15(3)14-19)18-12-5-2/h15-16,18H,4-14H2,1-3H3. The molecule has 1 rings (SSSR count). The molecule has 2 atom stereocenters. The highest BCUT2D eigenvalue weighted by molar-refractivity contribution is 5.76. The molecule has 1 heterocycles. The smallest absolute Gasteiger partial charge is 0.222 e. The van der Waals surface area contributed by atoms with Crippen molar-refractivity contribution in [1.29, 1.82) is 0 Å². The number of hydrogen-bond acceptors (Lipinski definition) is 2. The molecular formula is C17H34N2O. The summed E-state index contributed by atoms with van der Waals surface area (Å²) in [4.78, 5) is 14.3. The lowest BCUT2D eigenvalue weighted by Gasteiger charge is -2.37. The molecule has 0 saturated carbocycles. The number of likely N-dealkylation sites (tertiary alicyclic amines) is 1. The fraction of sp³-hybridized carbons (Fsp3) is 0.941. The van der Waals surface area contributed by atoms with Crippen LogP contribution in [0.15, 0.2) is 0 Å². The first-order valence-corrected chi connectivity index (χ1v) is 8.70. The molecule has 1 aliphatic rings. The van der Waals surface area contributed by atoms with E-state index in [4.69, 9.17) is 0 Å². The summed E-state index contributed by atoms with van der Waals surface area (Å²) >= 11 is 0. The maximum absolute atomic E-state index is 12.2. The first kappa shape index (κ1) is 17.5. The molecule has 1 saturated heterocycles. The van der Waals surface area contributed by atoms with Crippen molar-refractivity contribution in [3.8, 4) is 0 Å². The molecule has 118 valence electrons. The van der Waals surface area contributed by atoms with Crippen molar-refractivity contribution in [3.63, 3.8) is 0 Å². The largest absolute Gasteiger partial charge is 0.342 e. The number of carbonyl (C=O) groups excluding carboxylic acids is 1. The lowest BCUT2D eigenvalue weighted by atomic mass is 9.93. The Hall–Kier alpha value is -0.570. The van der Waals surface area contributed by atoms with Crippen molar-refractivity contribution < 1.29 is 4.79 Å². The summed E-state index contributed by atoms with van der Waals surface area (Å²) in [5.74, 6) is 0.960. The van der Waals surface area contributed by atoms with Crippen molar-refractivity contribution in [2.75, 3.05) is 19.6 Å². The van der Waals surface area contributed by atoms with Crippen LogP contribution in [0, 0.1) is 5.92 Å². The third kappa shape index (κ3) is 6.25.